The van der Waals surface area contributed by atoms with E-state index < -0.39 is 0 Å². The minimum absolute atomic E-state index is 0.0309. The minimum Gasteiger partial charge on any atom is -0.484 e. The van der Waals surface area contributed by atoms with Crippen molar-refractivity contribution in [2.24, 2.45) is 0 Å². The number of amides is 1. The number of benzene rings is 2. The summed E-state index contributed by atoms with van der Waals surface area (Å²) in [6.07, 6.45) is 2.02. The van der Waals surface area contributed by atoms with Crippen LogP contribution < -0.4 is 4.74 Å². The first kappa shape index (κ1) is 19.4. The summed E-state index contributed by atoms with van der Waals surface area (Å²) < 4.78 is 24.6. The zero-order valence-electron chi connectivity index (χ0n) is 15.9. The van der Waals surface area contributed by atoms with Crippen LogP contribution in [-0.2, 0) is 16.1 Å². The Morgan fingerprint density at radius 2 is 1.89 bits per heavy atom. The third-order valence-corrected chi connectivity index (χ3v) is 4.64. The zero-order chi connectivity index (χ0) is 19.2. The van der Waals surface area contributed by atoms with E-state index >= 15 is 0 Å². The maximum Gasteiger partial charge on any atom is 0.260 e. The van der Waals surface area contributed by atoms with Gasteiger partial charge in [0.15, 0.2) is 6.61 Å². The van der Waals surface area contributed by atoms with E-state index in [0.29, 0.717) is 18.8 Å². The molecule has 0 spiro atoms. The van der Waals surface area contributed by atoms with Crippen molar-refractivity contribution in [1.29, 1.82) is 0 Å². The highest BCUT2D eigenvalue weighted by molar-refractivity contribution is 5.77. The molecule has 0 bridgehead atoms. The molecule has 1 saturated heterocycles. The average Bonchev–Trinajstić information content (AvgIpc) is 3.13. The van der Waals surface area contributed by atoms with Crippen molar-refractivity contribution in [2.75, 3.05) is 19.8 Å². The number of carbonyl (C=O) groups is 1. The van der Waals surface area contributed by atoms with Crippen LogP contribution in [0, 0.1) is 19.7 Å². The van der Waals surface area contributed by atoms with Gasteiger partial charge in [-0.15, -0.1) is 0 Å². The Morgan fingerprint density at radius 1 is 1.19 bits per heavy atom. The van der Waals surface area contributed by atoms with Crippen LogP contribution in [0.15, 0.2) is 42.5 Å². The van der Waals surface area contributed by atoms with Crippen molar-refractivity contribution in [3.8, 4) is 5.75 Å². The van der Waals surface area contributed by atoms with Gasteiger partial charge >= 0.3 is 0 Å². The number of hydrogen-bond donors (Lipinski definition) is 0. The van der Waals surface area contributed by atoms with Crippen LogP contribution in [0.1, 0.15) is 29.5 Å². The van der Waals surface area contributed by atoms with Gasteiger partial charge in [0.1, 0.15) is 11.6 Å². The summed E-state index contributed by atoms with van der Waals surface area (Å²) in [5.41, 5.74) is 3.08. The first-order valence-electron chi connectivity index (χ1n) is 9.34. The molecule has 0 aromatic heterocycles. The molecule has 144 valence electrons. The van der Waals surface area contributed by atoms with E-state index in [9.17, 15) is 9.18 Å². The molecule has 27 heavy (non-hydrogen) atoms. The van der Waals surface area contributed by atoms with Crippen LogP contribution in [0.2, 0.25) is 0 Å². The van der Waals surface area contributed by atoms with E-state index in [-0.39, 0.29) is 24.4 Å². The number of aryl methyl sites for hydroxylation is 2. The maximum absolute atomic E-state index is 13.2. The van der Waals surface area contributed by atoms with Gasteiger partial charge in [-0.1, -0.05) is 18.2 Å². The number of halogens is 1. The summed E-state index contributed by atoms with van der Waals surface area (Å²) in [6.45, 7) is 5.64. The first-order chi connectivity index (χ1) is 13.0. The molecule has 1 heterocycles. The Hall–Kier alpha value is -2.40. The number of carbonyl (C=O) groups excluding carboxylic acids is 1. The van der Waals surface area contributed by atoms with Crippen molar-refractivity contribution >= 4 is 5.91 Å². The number of nitrogens with zero attached hydrogens (tertiary/aromatic N) is 1. The van der Waals surface area contributed by atoms with Crippen LogP contribution in [0.4, 0.5) is 4.39 Å². The minimum atomic E-state index is -0.283. The summed E-state index contributed by atoms with van der Waals surface area (Å²) in [4.78, 5) is 14.6. The van der Waals surface area contributed by atoms with Crippen LogP contribution in [0.25, 0.3) is 0 Å². The fraction of sp³-hybridized carbons (Fsp3) is 0.409. The van der Waals surface area contributed by atoms with Crippen LogP contribution in [-0.4, -0.2) is 36.7 Å². The lowest BCUT2D eigenvalue weighted by Gasteiger charge is -2.25. The lowest BCUT2D eigenvalue weighted by Crippen LogP contribution is -2.39. The summed E-state index contributed by atoms with van der Waals surface area (Å²) >= 11 is 0. The molecule has 3 rings (SSSR count). The fourth-order valence-electron chi connectivity index (χ4n) is 3.35. The molecule has 5 heteroatoms. The standard InChI is InChI=1S/C22H26FNO3/c1-16-10-17(2)12-21(11-16)27-15-22(25)24(14-20-4-3-9-26-20)13-18-5-7-19(23)8-6-18/h5-8,10-12,20H,3-4,9,13-15H2,1-2H3. The zero-order valence-corrected chi connectivity index (χ0v) is 15.9. The molecule has 0 aliphatic carbocycles. The molecule has 4 nitrogen and oxygen atoms in total. The fourth-order valence-corrected chi connectivity index (χ4v) is 3.35. The summed E-state index contributed by atoms with van der Waals surface area (Å²) in [5.74, 6) is 0.308. The van der Waals surface area contributed by atoms with Crippen LogP contribution in [0.5, 0.6) is 5.75 Å². The van der Waals surface area contributed by atoms with Crippen LogP contribution in [0.3, 0.4) is 0 Å². The lowest BCUT2D eigenvalue weighted by atomic mass is 10.1. The van der Waals surface area contributed by atoms with E-state index in [4.69, 9.17) is 9.47 Å². The molecule has 1 atom stereocenters. The molecule has 1 unspecified atom stereocenters. The second-order valence-electron chi connectivity index (χ2n) is 7.15. The molecule has 1 amide bonds. The Kier molecular flexibility index (Phi) is 6.45. The maximum atomic E-state index is 13.2. The normalized spacial score (nSPS) is 16.3. The van der Waals surface area contributed by atoms with Gasteiger partial charge < -0.3 is 14.4 Å². The first-order valence-corrected chi connectivity index (χ1v) is 9.34. The highest BCUT2D eigenvalue weighted by atomic mass is 19.1. The SMILES string of the molecule is Cc1cc(C)cc(OCC(=O)N(Cc2ccc(F)cc2)CC2CCCO2)c1. The van der Waals surface area contributed by atoms with Gasteiger partial charge in [0.05, 0.1) is 6.10 Å². The molecule has 1 aliphatic rings. The average molecular weight is 371 g/mol. The van der Waals surface area contributed by atoms with Crippen molar-refractivity contribution < 1.29 is 18.7 Å². The largest absolute Gasteiger partial charge is 0.484 e. The number of rotatable bonds is 7. The Morgan fingerprint density at radius 3 is 2.52 bits per heavy atom. The quantitative estimate of drug-likeness (QED) is 0.738. The van der Waals surface area contributed by atoms with Gasteiger partial charge in [-0.3, -0.25) is 4.79 Å². The van der Waals surface area contributed by atoms with E-state index in [0.717, 1.165) is 36.1 Å². The van der Waals surface area contributed by atoms with Crippen molar-refractivity contribution in [3.05, 3.63) is 65.0 Å². The molecular weight excluding hydrogens is 345 g/mol. The lowest BCUT2D eigenvalue weighted by molar-refractivity contribution is -0.135. The van der Waals surface area contributed by atoms with Crippen LogP contribution >= 0.6 is 0 Å². The van der Waals surface area contributed by atoms with Gasteiger partial charge in [0, 0.05) is 19.7 Å². The Labute approximate surface area is 159 Å². The number of ether oxygens (including phenoxy) is 2. The summed E-state index contributed by atoms with van der Waals surface area (Å²) in [5, 5.41) is 0. The predicted molar refractivity (Wildman–Crippen MR) is 102 cm³/mol. The summed E-state index contributed by atoms with van der Waals surface area (Å²) in [7, 11) is 0. The Balaban J connectivity index is 1.66. The van der Waals surface area contributed by atoms with Crippen molar-refractivity contribution in [2.45, 2.75) is 39.3 Å². The summed E-state index contributed by atoms with van der Waals surface area (Å²) in [6, 6.07) is 12.1. The Bertz CT molecular complexity index is 749. The van der Waals surface area contributed by atoms with E-state index in [1.165, 1.54) is 12.1 Å². The predicted octanol–water partition coefficient (Wildman–Crippen LogP) is 4.03. The van der Waals surface area contributed by atoms with E-state index in [2.05, 4.69) is 6.07 Å². The monoisotopic (exact) mass is 371 g/mol. The molecule has 2 aromatic carbocycles. The number of hydrogen-bond acceptors (Lipinski definition) is 3. The topological polar surface area (TPSA) is 38.8 Å². The van der Waals surface area contributed by atoms with Gasteiger partial charge in [-0.05, 0) is 67.6 Å². The highest BCUT2D eigenvalue weighted by Crippen LogP contribution is 2.18. The van der Waals surface area contributed by atoms with E-state index in [1.54, 1.807) is 17.0 Å². The second-order valence-corrected chi connectivity index (χ2v) is 7.15. The molecule has 1 aliphatic heterocycles. The van der Waals surface area contributed by atoms with E-state index in [1.807, 2.05) is 26.0 Å². The van der Waals surface area contributed by atoms with Gasteiger partial charge in [0.25, 0.3) is 5.91 Å². The smallest absolute Gasteiger partial charge is 0.260 e. The third-order valence-electron chi connectivity index (χ3n) is 4.64. The molecule has 0 radical (unpaired) electrons. The third kappa shape index (κ3) is 5.79. The molecular formula is C22H26FNO3. The highest BCUT2D eigenvalue weighted by Gasteiger charge is 2.23. The molecule has 1 fully saturated rings. The molecule has 0 N–H and O–H groups in total. The molecule has 0 saturated carbocycles. The van der Waals surface area contributed by atoms with Gasteiger partial charge in [-0.2, -0.15) is 0 Å². The second kappa shape index (κ2) is 9.00. The molecule has 2 aromatic rings. The van der Waals surface area contributed by atoms with Gasteiger partial charge in [0.2, 0.25) is 0 Å². The van der Waals surface area contributed by atoms with Crippen molar-refractivity contribution in [3.63, 3.8) is 0 Å². The van der Waals surface area contributed by atoms with Crippen molar-refractivity contribution in [1.82, 2.24) is 4.90 Å². The van der Waals surface area contributed by atoms with Gasteiger partial charge in [-0.25, -0.2) is 4.39 Å².